The van der Waals surface area contributed by atoms with Crippen molar-refractivity contribution in [3.8, 4) is 0 Å². The first-order chi connectivity index (χ1) is 12.7. The first-order valence-corrected chi connectivity index (χ1v) is 10.8. The standard InChI is InChI=1S/2C8H17N3O2S.2ClH/c2*1-6(9)11-3-4-14-5-8(2,10)7(12)13;;/h2*3-5,10H2,1-2H3,(H2,9,11)(H,12,13);2*1H/t2*8-;;/m00../s1. The molecule has 0 amide bonds. The van der Waals surface area contributed by atoms with Gasteiger partial charge in [0.15, 0.2) is 0 Å². The molecule has 0 aromatic rings. The fourth-order valence-corrected chi connectivity index (χ4v) is 3.09. The molecule has 0 aliphatic heterocycles. The summed E-state index contributed by atoms with van der Waals surface area (Å²) in [7, 11) is 0. The number of hydrogen-bond acceptors (Lipinski definition) is 8. The number of nitrogens with two attached hydrogens (primary N) is 4. The predicted octanol–water partition coefficient (Wildman–Crippen LogP) is 0.641. The molecule has 2 atom stereocenters. The van der Waals surface area contributed by atoms with E-state index in [9.17, 15) is 9.59 Å². The molecule has 10 nitrogen and oxygen atoms in total. The number of rotatable bonds is 12. The predicted molar refractivity (Wildman–Crippen MR) is 134 cm³/mol. The largest absolute Gasteiger partial charge is 0.480 e. The smallest absolute Gasteiger partial charge is 0.324 e. The van der Waals surface area contributed by atoms with Crippen LogP contribution < -0.4 is 22.9 Å². The summed E-state index contributed by atoms with van der Waals surface area (Å²) in [6.07, 6.45) is 0. The molecule has 0 aliphatic carbocycles. The third-order valence-corrected chi connectivity index (χ3v) is 5.52. The Morgan fingerprint density at radius 1 is 0.800 bits per heavy atom. The molecular weight excluding hydrogens is 475 g/mol. The molecule has 0 spiro atoms. The number of carboxylic acids is 2. The molecule has 0 saturated carbocycles. The van der Waals surface area contributed by atoms with Crippen LogP contribution in [0.3, 0.4) is 0 Å². The van der Waals surface area contributed by atoms with E-state index in [0.717, 1.165) is 11.5 Å². The van der Waals surface area contributed by atoms with Crippen molar-refractivity contribution in [3.05, 3.63) is 0 Å². The average Bonchev–Trinajstić information content (AvgIpc) is 2.53. The van der Waals surface area contributed by atoms with Gasteiger partial charge in [-0.05, 0) is 27.7 Å². The first kappa shape index (κ1) is 36.5. The molecule has 0 saturated heterocycles. The Morgan fingerprint density at radius 3 is 1.27 bits per heavy atom. The topological polar surface area (TPSA) is 203 Å². The van der Waals surface area contributed by atoms with E-state index in [1.54, 1.807) is 13.8 Å². The molecule has 0 aliphatic rings. The van der Waals surface area contributed by atoms with Gasteiger partial charge in [-0.1, -0.05) is 0 Å². The van der Waals surface area contributed by atoms with Gasteiger partial charge in [0.2, 0.25) is 0 Å². The molecule has 0 radical (unpaired) electrons. The Kier molecular flexibility index (Phi) is 22.9. The van der Waals surface area contributed by atoms with Crippen molar-refractivity contribution in [2.75, 3.05) is 36.1 Å². The second-order valence-corrected chi connectivity index (χ2v) is 8.81. The lowest BCUT2D eigenvalue weighted by Crippen LogP contribution is -2.47. The van der Waals surface area contributed by atoms with E-state index < -0.39 is 23.0 Å². The van der Waals surface area contributed by atoms with Crippen molar-refractivity contribution in [3.63, 3.8) is 0 Å². The van der Waals surface area contributed by atoms with Crippen LogP contribution >= 0.6 is 48.3 Å². The van der Waals surface area contributed by atoms with Crippen LogP contribution in [0.2, 0.25) is 0 Å². The van der Waals surface area contributed by atoms with Gasteiger partial charge in [0, 0.05) is 36.1 Å². The number of carboxylic acid groups (broad SMARTS) is 2. The zero-order valence-electron chi connectivity index (χ0n) is 17.8. The SMILES string of the molecule is CC(N)=NCCSC[C@](C)(N)C(=O)O.CC(N)=NCCSC[C@](C)(N)C(=O)O.Cl.Cl. The first-order valence-electron chi connectivity index (χ1n) is 8.45. The highest BCUT2D eigenvalue weighted by molar-refractivity contribution is 7.99. The van der Waals surface area contributed by atoms with Crippen LogP contribution in [0.15, 0.2) is 9.98 Å². The fourth-order valence-electron chi connectivity index (χ4n) is 1.26. The van der Waals surface area contributed by atoms with E-state index in [2.05, 4.69) is 9.98 Å². The van der Waals surface area contributed by atoms with Crippen LogP contribution in [-0.2, 0) is 9.59 Å². The number of hydrogen-bond donors (Lipinski definition) is 6. The Hall–Kier alpha value is -0.920. The van der Waals surface area contributed by atoms with Crippen LogP contribution in [0.1, 0.15) is 27.7 Å². The van der Waals surface area contributed by atoms with Gasteiger partial charge in [0.1, 0.15) is 11.1 Å². The molecule has 14 heteroatoms. The minimum Gasteiger partial charge on any atom is -0.480 e. The van der Waals surface area contributed by atoms with E-state index in [-0.39, 0.29) is 24.8 Å². The van der Waals surface area contributed by atoms with Crippen molar-refractivity contribution in [1.82, 2.24) is 0 Å². The summed E-state index contributed by atoms with van der Waals surface area (Å²) in [6.45, 7) is 7.63. The highest BCUT2D eigenvalue weighted by atomic mass is 35.5. The van der Waals surface area contributed by atoms with E-state index in [4.69, 9.17) is 33.1 Å². The number of aliphatic carboxylic acids is 2. The molecule has 0 fully saturated rings. The zero-order chi connectivity index (χ0) is 22.4. The number of aliphatic imine (C=N–C) groups is 2. The number of carbonyl (C=O) groups is 2. The third kappa shape index (κ3) is 21.8. The summed E-state index contributed by atoms with van der Waals surface area (Å²) >= 11 is 2.92. The normalized spacial score (nSPS) is 15.3. The monoisotopic (exact) mass is 510 g/mol. The van der Waals surface area contributed by atoms with Gasteiger partial charge in [-0.2, -0.15) is 23.5 Å². The zero-order valence-corrected chi connectivity index (χ0v) is 21.1. The van der Waals surface area contributed by atoms with Crippen molar-refractivity contribution >= 4 is 71.9 Å². The lowest BCUT2D eigenvalue weighted by Gasteiger charge is -2.17. The van der Waals surface area contributed by atoms with Crippen LogP contribution in [0.25, 0.3) is 0 Å². The van der Waals surface area contributed by atoms with Gasteiger partial charge in [-0.3, -0.25) is 19.6 Å². The highest BCUT2D eigenvalue weighted by Crippen LogP contribution is 2.11. The van der Waals surface area contributed by atoms with Crippen LogP contribution in [0, 0.1) is 0 Å². The van der Waals surface area contributed by atoms with E-state index in [1.165, 1.54) is 37.4 Å². The molecule has 0 heterocycles. The van der Waals surface area contributed by atoms with Gasteiger partial charge in [-0.15, -0.1) is 24.8 Å². The number of nitrogens with zero attached hydrogens (tertiary/aromatic N) is 2. The minimum atomic E-state index is -1.16. The van der Waals surface area contributed by atoms with Gasteiger partial charge in [0.05, 0.1) is 11.7 Å². The van der Waals surface area contributed by atoms with Crippen molar-refractivity contribution in [1.29, 1.82) is 0 Å². The van der Waals surface area contributed by atoms with Crippen molar-refractivity contribution in [2.45, 2.75) is 38.8 Å². The molecule has 30 heavy (non-hydrogen) atoms. The maximum atomic E-state index is 10.6. The number of amidine groups is 2. The van der Waals surface area contributed by atoms with E-state index >= 15 is 0 Å². The Labute approximate surface area is 199 Å². The average molecular weight is 512 g/mol. The van der Waals surface area contributed by atoms with E-state index in [1.807, 2.05) is 0 Å². The van der Waals surface area contributed by atoms with Gasteiger partial charge < -0.3 is 33.1 Å². The molecule has 0 rings (SSSR count). The summed E-state index contributed by atoms with van der Waals surface area (Å²) in [6, 6.07) is 0. The van der Waals surface area contributed by atoms with Gasteiger partial charge >= 0.3 is 11.9 Å². The molecule has 0 bridgehead atoms. The Bertz CT molecular complexity index is 508. The van der Waals surface area contributed by atoms with E-state index in [0.29, 0.717) is 36.3 Å². The van der Waals surface area contributed by atoms with Crippen LogP contribution in [-0.4, -0.2) is 81.0 Å². The lowest BCUT2D eigenvalue weighted by atomic mass is 10.1. The molecule has 180 valence electrons. The maximum Gasteiger partial charge on any atom is 0.324 e. The molecule has 0 unspecified atom stereocenters. The van der Waals surface area contributed by atoms with Crippen molar-refractivity contribution < 1.29 is 19.8 Å². The summed E-state index contributed by atoms with van der Waals surface area (Å²) in [4.78, 5) is 29.2. The van der Waals surface area contributed by atoms with Crippen molar-refractivity contribution in [2.24, 2.45) is 32.9 Å². The van der Waals surface area contributed by atoms with Crippen LogP contribution in [0.4, 0.5) is 0 Å². The van der Waals surface area contributed by atoms with Gasteiger partial charge in [0.25, 0.3) is 0 Å². The fraction of sp³-hybridized carbons (Fsp3) is 0.750. The molecule has 0 aromatic carbocycles. The summed E-state index contributed by atoms with van der Waals surface area (Å²) < 4.78 is 0. The lowest BCUT2D eigenvalue weighted by molar-refractivity contribution is -0.142. The van der Waals surface area contributed by atoms with Crippen LogP contribution in [0.5, 0.6) is 0 Å². The molecule has 0 aromatic heterocycles. The number of halogens is 2. The Balaban J connectivity index is -0.000000211. The third-order valence-electron chi connectivity index (χ3n) is 2.97. The Morgan fingerprint density at radius 2 is 1.07 bits per heavy atom. The molecule has 10 N–H and O–H groups in total. The second-order valence-electron chi connectivity index (χ2n) is 6.60. The quantitative estimate of drug-likeness (QED) is 0.123. The minimum absolute atomic E-state index is 0. The maximum absolute atomic E-state index is 10.6. The van der Waals surface area contributed by atoms with Gasteiger partial charge in [-0.25, -0.2) is 0 Å². The second kappa shape index (κ2) is 18.8. The summed E-state index contributed by atoms with van der Waals surface area (Å²) in [5.41, 5.74) is 19.4. The number of thioether (sulfide) groups is 2. The molecular formula is C16H36Cl2N6O4S2. The summed E-state index contributed by atoms with van der Waals surface area (Å²) in [5.74, 6) is 1.33. The summed E-state index contributed by atoms with van der Waals surface area (Å²) in [5, 5.41) is 17.4. The highest BCUT2D eigenvalue weighted by Gasteiger charge is 2.27.